The first-order valence-electron chi connectivity index (χ1n) is 15.9. The van der Waals surface area contributed by atoms with Crippen LogP contribution in [0, 0.1) is 11.8 Å². The Bertz CT molecular complexity index is 1790. The van der Waals surface area contributed by atoms with Crippen molar-refractivity contribution in [2.24, 2.45) is 11.8 Å². The van der Waals surface area contributed by atoms with Crippen LogP contribution in [0.3, 0.4) is 0 Å². The maximum absolute atomic E-state index is 14.3. The van der Waals surface area contributed by atoms with Gasteiger partial charge in [-0.25, -0.2) is 14.8 Å². The van der Waals surface area contributed by atoms with E-state index in [9.17, 15) is 31.5 Å². The van der Waals surface area contributed by atoms with Gasteiger partial charge in [0.05, 0.1) is 56.9 Å². The molecule has 4 atom stereocenters. The van der Waals surface area contributed by atoms with E-state index < -0.39 is 29.8 Å². The SMILES string of the molecule is CCc1cc(Nc2nccn3c(-c4cn[nH]c4C(F)(F)F)cnc23)ccc1C(=O)NCC(C)CC[NH+](C)CC1CNC1C(F)(F)C(=O)OC. The van der Waals surface area contributed by atoms with Gasteiger partial charge in [-0.05, 0) is 36.1 Å². The number of alkyl halides is 5. The van der Waals surface area contributed by atoms with Crippen molar-refractivity contribution in [3.05, 3.63) is 59.8 Å². The van der Waals surface area contributed by atoms with Gasteiger partial charge in [0.25, 0.3) is 5.91 Å². The number of halogens is 5. The van der Waals surface area contributed by atoms with E-state index in [1.165, 1.54) is 23.0 Å². The lowest BCUT2D eigenvalue weighted by Gasteiger charge is -2.41. The minimum absolute atomic E-state index is 0.122. The summed E-state index contributed by atoms with van der Waals surface area (Å²) in [5.74, 6) is -5.27. The lowest BCUT2D eigenvalue weighted by molar-refractivity contribution is -0.884. The molecule has 0 aliphatic carbocycles. The van der Waals surface area contributed by atoms with Gasteiger partial charge in [0.2, 0.25) is 0 Å². The monoisotopic (exact) mass is 692 g/mol. The molecule has 0 spiro atoms. The van der Waals surface area contributed by atoms with Crippen molar-refractivity contribution < 1.29 is 41.2 Å². The summed E-state index contributed by atoms with van der Waals surface area (Å²) in [7, 11) is 2.87. The number of ether oxygens (including phenoxy) is 1. The molecule has 1 aliphatic rings. The Balaban J connectivity index is 1.16. The minimum atomic E-state index is -4.62. The highest BCUT2D eigenvalue weighted by atomic mass is 19.4. The van der Waals surface area contributed by atoms with Crippen molar-refractivity contribution in [2.75, 3.05) is 45.7 Å². The predicted molar refractivity (Wildman–Crippen MR) is 170 cm³/mol. The van der Waals surface area contributed by atoms with Crippen LogP contribution in [0.1, 0.15) is 41.9 Å². The molecule has 5 N–H and O–H groups in total. The number of aryl methyl sites for hydroxylation is 1. The third-order valence-corrected chi connectivity index (χ3v) is 8.83. The summed E-state index contributed by atoms with van der Waals surface area (Å²) in [4.78, 5) is 34.3. The molecule has 49 heavy (non-hydrogen) atoms. The van der Waals surface area contributed by atoms with Gasteiger partial charge in [-0.3, -0.25) is 14.3 Å². The molecule has 0 radical (unpaired) electrons. The van der Waals surface area contributed by atoms with Crippen LogP contribution in [-0.4, -0.2) is 88.7 Å². The molecule has 4 heterocycles. The molecule has 5 rings (SSSR count). The van der Waals surface area contributed by atoms with E-state index in [0.717, 1.165) is 30.2 Å². The second-order valence-electron chi connectivity index (χ2n) is 12.4. The first kappa shape index (κ1) is 35.7. The van der Waals surface area contributed by atoms with Gasteiger partial charge in [0.15, 0.2) is 11.5 Å². The van der Waals surface area contributed by atoms with Crippen LogP contribution in [0.5, 0.6) is 0 Å². The van der Waals surface area contributed by atoms with Gasteiger partial charge in [-0.1, -0.05) is 13.8 Å². The molecule has 12 nitrogen and oxygen atoms in total. The Labute approximate surface area is 278 Å². The van der Waals surface area contributed by atoms with Gasteiger partial charge in [0.1, 0.15) is 5.69 Å². The largest absolute Gasteiger partial charge is 0.465 e. The van der Waals surface area contributed by atoms with Crippen molar-refractivity contribution in [1.82, 2.24) is 35.2 Å². The molecule has 17 heteroatoms. The molecule has 4 unspecified atom stereocenters. The Hall–Kier alpha value is -4.64. The highest BCUT2D eigenvalue weighted by molar-refractivity contribution is 5.96. The zero-order valence-electron chi connectivity index (χ0n) is 27.4. The molecule has 1 aromatic carbocycles. The van der Waals surface area contributed by atoms with Crippen LogP contribution in [0.4, 0.5) is 33.5 Å². The smallest absolute Gasteiger partial charge is 0.433 e. The summed E-state index contributed by atoms with van der Waals surface area (Å²) >= 11 is 0. The lowest BCUT2D eigenvalue weighted by Crippen LogP contribution is -3.10. The van der Waals surface area contributed by atoms with Crippen molar-refractivity contribution in [3.63, 3.8) is 0 Å². The van der Waals surface area contributed by atoms with E-state index in [4.69, 9.17) is 0 Å². The van der Waals surface area contributed by atoms with Gasteiger partial charge >= 0.3 is 18.1 Å². The molecule has 0 saturated carbocycles. The number of carbonyl (C=O) groups is 2. The quantitative estimate of drug-likeness (QED) is 0.100. The Morgan fingerprint density at radius 1 is 1.18 bits per heavy atom. The fourth-order valence-electron chi connectivity index (χ4n) is 6.01. The van der Waals surface area contributed by atoms with Gasteiger partial charge < -0.3 is 25.6 Å². The Morgan fingerprint density at radius 2 is 1.96 bits per heavy atom. The average molecular weight is 693 g/mol. The highest BCUT2D eigenvalue weighted by Crippen LogP contribution is 2.36. The predicted octanol–water partition coefficient (Wildman–Crippen LogP) is 3.11. The van der Waals surface area contributed by atoms with E-state index in [2.05, 4.69) is 35.8 Å². The number of hydrogen-bond donors (Lipinski definition) is 5. The molecule has 1 aliphatic heterocycles. The topological polar surface area (TPSA) is 143 Å². The maximum Gasteiger partial charge on any atom is 0.433 e. The van der Waals surface area contributed by atoms with Crippen molar-refractivity contribution in [2.45, 2.75) is 44.8 Å². The van der Waals surface area contributed by atoms with Crippen molar-refractivity contribution in [1.29, 1.82) is 0 Å². The number of aromatic nitrogens is 5. The summed E-state index contributed by atoms with van der Waals surface area (Å²) in [6.45, 7) is 5.93. The minimum Gasteiger partial charge on any atom is -0.465 e. The van der Waals surface area contributed by atoms with Gasteiger partial charge in [-0.2, -0.15) is 27.1 Å². The van der Waals surface area contributed by atoms with Gasteiger partial charge in [-0.15, -0.1) is 0 Å². The number of fused-ring (bicyclic) bond motifs is 1. The standard InChI is InChI=1S/C32H38F5N9O3/c1-5-19-12-21(43-27-28-40-16-24(46(28)11-9-38-27)23-15-42-44-26(23)32(35,36)37)6-7-22(19)29(47)41-13-18(2)8-10-45(3)17-20-14-39-25(20)31(33,34)30(48)49-4/h6-7,9,11-12,15-16,18,20,25,39H,5,8,10,13-14,17H2,1-4H3,(H,38,43)(H,41,47)(H,42,44)/p+1. The van der Waals surface area contributed by atoms with Gasteiger partial charge in [0, 0.05) is 49.1 Å². The number of H-pyrrole nitrogens is 1. The first-order chi connectivity index (χ1) is 23.2. The number of benzene rings is 1. The Morgan fingerprint density at radius 3 is 2.63 bits per heavy atom. The molecule has 4 aromatic rings. The zero-order chi connectivity index (χ0) is 35.5. The fraction of sp³-hybridized carbons (Fsp3) is 0.469. The number of nitrogens with one attached hydrogen (secondary N) is 5. The van der Waals surface area contributed by atoms with Crippen LogP contribution in [0.15, 0.2) is 43.0 Å². The maximum atomic E-state index is 14.3. The van der Waals surface area contributed by atoms with Crippen LogP contribution in [0.2, 0.25) is 0 Å². The van der Waals surface area contributed by atoms with E-state index in [-0.39, 0.29) is 29.0 Å². The number of hydrogen-bond acceptors (Lipinski definition) is 8. The third-order valence-electron chi connectivity index (χ3n) is 8.83. The van der Waals surface area contributed by atoms with Crippen molar-refractivity contribution in [3.8, 4) is 11.3 Å². The number of aromatic amines is 1. The summed E-state index contributed by atoms with van der Waals surface area (Å²) in [5, 5.41) is 14.4. The fourth-order valence-corrected chi connectivity index (χ4v) is 6.01. The number of rotatable bonds is 14. The molecule has 1 saturated heterocycles. The average Bonchev–Trinajstić information content (AvgIpc) is 3.72. The highest BCUT2D eigenvalue weighted by Gasteiger charge is 2.56. The molecule has 1 fully saturated rings. The zero-order valence-corrected chi connectivity index (χ0v) is 27.4. The van der Waals surface area contributed by atoms with E-state index in [1.54, 1.807) is 12.1 Å². The summed E-state index contributed by atoms with van der Waals surface area (Å²) < 4.78 is 74.8. The molecular formula is C32H39F5N9O3+. The van der Waals surface area contributed by atoms with Crippen LogP contribution in [-0.2, 0) is 22.1 Å². The summed E-state index contributed by atoms with van der Waals surface area (Å²) in [5.41, 5.74) is 1.26. The van der Waals surface area contributed by atoms with E-state index in [1.807, 2.05) is 32.1 Å². The molecule has 264 valence electrons. The number of methoxy groups -OCH3 is 1. The van der Waals surface area contributed by atoms with Crippen LogP contribution >= 0.6 is 0 Å². The lowest BCUT2D eigenvalue weighted by atomic mass is 9.86. The molecule has 3 aromatic heterocycles. The summed E-state index contributed by atoms with van der Waals surface area (Å²) in [6, 6.07) is 3.99. The Kier molecular flexibility index (Phi) is 10.5. The second-order valence-corrected chi connectivity index (χ2v) is 12.4. The van der Waals surface area contributed by atoms with E-state index in [0.29, 0.717) is 55.3 Å². The number of anilines is 2. The third kappa shape index (κ3) is 7.67. The molecule has 1 amide bonds. The number of quaternary nitrogens is 1. The molecular weight excluding hydrogens is 653 g/mol. The molecule has 0 bridgehead atoms. The number of imidazole rings is 1. The normalized spacial score (nSPS) is 17.7. The van der Waals surface area contributed by atoms with Crippen LogP contribution in [0.25, 0.3) is 16.9 Å². The summed E-state index contributed by atoms with van der Waals surface area (Å²) in [6.07, 6.45) is 2.06. The first-order valence-corrected chi connectivity index (χ1v) is 15.9. The number of amides is 1. The van der Waals surface area contributed by atoms with Crippen LogP contribution < -0.4 is 20.9 Å². The number of esters is 1. The second kappa shape index (κ2) is 14.5. The number of carbonyl (C=O) groups excluding carboxylic acids is 2. The van der Waals surface area contributed by atoms with E-state index >= 15 is 0 Å². The number of nitrogens with zero attached hydrogens (tertiary/aromatic N) is 4. The van der Waals surface area contributed by atoms with Crippen molar-refractivity contribution >= 4 is 29.0 Å².